The van der Waals surface area contributed by atoms with Gasteiger partial charge >= 0.3 is 0 Å². The molecule has 4 nitrogen and oxygen atoms in total. The molecule has 0 bridgehead atoms. The second kappa shape index (κ2) is 5.32. The normalized spacial score (nSPS) is 11.8. The van der Waals surface area contributed by atoms with E-state index in [4.69, 9.17) is 0 Å². The van der Waals surface area contributed by atoms with Gasteiger partial charge in [0.1, 0.15) is 5.82 Å². The van der Waals surface area contributed by atoms with Gasteiger partial charge in [0.05, 0.1) is 30.0 Å². The second-order valence-electron chi connectivity index (χ2n) is 3.79. The van der Waals surface area contributed by atoms with Gasteiger partial charge in [-0.2, -0.15) is 5.26 Å². The summed E-state index contributed by atoms with van der Waals surface area (Å²) in [5.74, 6) is -0.375. The van der Waals surface area contributed by atoms with Gasteiger partial charge in [-0.25, -0.2) is 9.37 Å². The summed E-state index contributed by atoms with van der Waals surface area (Å²) in [4.78, 5) is 4.00. The fourth-order valence-corrected chi connectivity index (χ4v) is 1.74. The van der Waals surface area contributed by atoms with Gasteiger partial charge in [-0.1, -0.05) is 12.1 Å². The fraction of sp³-hybridized carbons (Fsp3) is 0.231. The number of nitriles is 1. The average molecular weight is 244 g/mol. The quantitative estimate of drug-likeness (QED) is 0.899. The molecule has 0 aliphatic rings. The molecular weight excluding hydrogens is 231 g/mol. The second-order valence-corrected chi connectivity index (χ2v) is 3.79. The molecule has 18 heavy (non-hydrogen) atoms. The number of rotatable bonds is 4. The maximum atomic E-state index is 13.5. The number of anilines is 1. The van der Waals surface area contributed by atoms with Crippen LogP contribution in [0.15, 0.2) is 36.8 Å². The number of hydrogen-bond acceptors (Lipinski definition) is 3. The summed E-state index contributed by atoms with van der Waals surface area (Å²) in [6, 6.07) is 7.78. The lowest BCUT2D eigenvalue weighted by Gasteiger charge is -2.14. The number of hydrogen-bond donors (Lipinski definition) is 1. The van der Waals surface area contributed by atoms with E-state index < -0.39 is 6.04 Å². The summed E-state index contributed by atoms with van der Waals surface area (Å²) >= 11 is 0. The maximum Gasteiger partial charge on any atom is 0.156 e. The topological polar surface area (TPSA) is 53.6 Å². The Bertz CT molecular complexity index is 570. The zero-order chi connectivity index (χ0) is 13.0. The van der Waals surface area contributed by atoms with Crippen LogP contribution < -0.4 is 5.32 Å². The third-order valence-corrected chi connectivity index (χ3v) is 2.68. The first-order valence-corrected chi connectivity index (χ1v) is 5.67. The number of para-hydroxylation sites is 1. The Balaban J connectivity index is 2.26. The van der Waals surface area contributed by atoms with Crippen molar-refractivity contribution in [1.29, 1.82) is 5.26 Å². The number of aryl methyl sites for hydroxylation is 1. The predicted molar refractivity (Wildman–Crippen MR) is 66.3 cm³/mol. The molecule has 1 atom stereocenters. The predicted octanol–water partition coefficient (Wildman–Crippen LogP) is 2.72. The van der Waals surface area contributed by atoms with E-state index in [0.29, 0.717) is 12.2 Å². The largest absolute Gasteiger partial charge is 0.363 e. The van der Waals surface area contributed by atoms with Crippen molar-refractivity contribution in [1.82, 2.24) is 9.55 Å². The molecule has 1 heterocycles. The molecule has 92 valence electrons. The van der Waals surface area contributed by atoms with Gasteiger partial charge in [0, 0.05) is 6.54 Å². The summed E-state index contributed by atoms with van der Waals surface area (Å²) in [6.07, 6.45) is 3.27. The summed E-state index contributed by atoms with van der Waals surface area (Å²) < 4.78 is 15.4. The molecule has 1 aromatic carbocycles. The van der Waals surface area contributed by atoms with Gasteiger partial charge in [-0.05, 0) is 19.1 Å². The highest BCUT2D eigenvalue weighted by molar-refractivity contribution is 5.47. The van der Waals surface area contributed by atoms with Crippen LogP contribution in [0.3, 0.4) is 0 Å². The summed E-state index contributed by atoms with van der Waals surface area (Å²) in [5, 5.41) is 12.1. The van der Waals surface area contributed by atoms with Crippen LogP contribution in [0.1, 0.15) is 18.7 Å². The van der Waals surface area contributed by atoms with Gasteiger partial charge < -0.3 is 9.88 Å². The molecule has 0 spiro atoms. The van der Waals surface area contributed by atoms with Crippen molar-refractivity contribution in [3.05, 3.63) is 48.3 Å². The van der Waals surface area contributed by atoms with Crippen molar-refractivity contribution < 1.29 is 4.39 Å². The molecule has 5 heteroatoms. The maximum absolute atomic E-state index is 13.5. The molecule has 2 rings (SSSR count). The molecule has 0 saturated carbocycles. The first-order valence-electron chi connectivity index (χ1n) is 5.67. The standard InChI is InChI=1S/C13H13FN4/c1-2-18-9-16-8-13(18)12(7-15)17-11-6-4-3-5-10(11)14/h3-6,8-9,12,17H,2H2,1H3. The zero-order valence-corrected chi connectivity index (χ0v) is 9.97. The Morgan fingerprint density at radius 1 is 1.50 bits per heavy atom. The SMILES string of the molecule is CCn1cncc1C(C#N)Nc1ccccc1F. The molecule has 0 saturated heterocycles. The van der Waals surface area contributed by atoms with Crippen molar-refractivity contribution >= 4 is 5.69 Å². The molecule has 1 aromatic heterocycles. The highest BCUT2D eigenvalue weighted by Crippen LogP contribution is 2.21. The molecule has 0 radical (unpaired) electrons. The minimum Gasteiger partial charge on any atom is -0.363 e. The third kappa shape index (κ3) is 2.33. The van der Waals surface area contributed by atoms with Crippen LogP contribution in [0.25, 0.3) is 0 Å². The molecule has 2 aromatic rings. The lowest BCUT2D eigenvalue weighted by Crippen LogP contribution is -2.14. The van der Waals surface area contributed by atoms with E-state index in [1.54, 1.807) is 30.7 Å². The van der Waals surface area contributed by atoms with E-state index in [1.165, 1.54) is 6.07 Å². The first kappa shape index (κ1) is 12.1. The van der Waals surface area contributed by atoms with Crippen LogP contribution >= 0.6 is 0 Å². The van der Waals surface area contributed by atoms with E-state index in [-0.39, 0.29) is 5.82 Å². The van der Waals surface area contributed by atoms with Crippen LogP contribution in [0.5, 0.6) is 0 Å². The molecule has 1 unspecified atom stereocenters. The van der Waals surface area contributed by atoms with Crippen molar-refractivity contribution in [2.24, 2.45) is 0 Å². The van der Waals surface area contributed by atoms with Gasteiger partial charge in [0.2, 0.25) is 0 Å². The molecule has 1 N–H and O–H groups in total. The Morgan fingerprint density at radius 2 is 2.28 bits per heavy atom. The van der Waals surface area contributed by atoms with E-state index in [0.717, 1.165) is 5.69 Å². The van der Waals surface area contributed by atoms with Gasteiger partial charge in [0.25, 0.3) is 0 Å². The van der Waals surface area contributed by atoms with Crippen molar-refractivity contribution in [2.75, 3.05) is 5.32 Å². The number of halogens is 1. The Hall–Kier alpha value is -2.35. The monoisotopic (exact) mass is 244 g/mol. The van der Waals surface area contributed by atoms with Gasteiger partial charge in [-0.3, -0.25) is 0 Å². The van der Waals surface area contributed by atoms with Crippen LogP contribution in [-0.2, 0) is 6.54 Å². The summed E-state index contributed by atoms with van der Waals surface area (Å²) in [5.41, 5.74) is 1.04. The number of nitrogens with one attached hydrogen (secondary N) is 1. The van der Waals surface area contributed by atoms with E-state index in [1.807, 2.05) is 11.5 Å². The Labute approximate surface area is 105 Å². The minimum absolute atomic E-state index is 0.313. The lowest BCUT2D eigenvalue weighted by atomic mass is 10.2. The van der Waals surface area contributed by atoms with Gasteiger partial charge in [-0.15, -0.1) is 0 Å². The number of benzene rings is 1. The number of nitrogens with zero attached hydrogens (tertiary/aromatic N) is 3. The molecule has 0 aliphatic heterocycles. The van der Waals surface area contributed by atoms with E-state index in [2.05, 4.69) is 16.4 Å². The molecule has 0 amide bonds. The fourth-order valence-electron chi connectivity index (χ4n) is 1.74. The minimum atomic E-state index is -0.621. The highest BCUT2D eigenvalue weighted by atomic mass is 19.1. The van der Waals surface area contributed by atoms with Crippen LogP contribution in [0.2, 0.25) is 0 Å². The van der Waals surface area contributed by atoms with E-state index >= 15 is 0 Å². The first-order chi connectivity index (χ1) is 8.76. The number of aromatic nitrogens is 2. The highest BCUT2D eigenvalue weighted by Gasteiger charge is 2.16. The summed E-state index contributed by atoms with van der Waals surface area (Å²) in [6.45, 7) is 2.68. The van der Waals surface area contributed by atoms with Gasteiger partial charge in [0.15, 0.2) is 6.04 Å². The smallest absolute Gasteiger partial charge is 0.156 e. The summed E-state index contributed by atoms with van der Waals surface area (Å²) in [7, 11) is 0. The zero-order valence-electron chi connectivity index (χ0n) is 9.97. The number of imidazole rings is 1. The average Bonchev–Trinajstić information content (AvgIpc) is 2.86. The van der Waals surface area contributed by atoms with E-state index in [9.17, 15) is 9.65 Å². The molecule has 0 fully saturated rings. The van der Waals surface area contributed by atoms with Crippen molar-refractivity contribution in [3.63, 3.8) is 0 Å². The van der Waals surface area contributed by atoms with Crippen molar-refractivity contribution in [2.45, 2.75) is 19.5 Å². The third-order valence-electron chi connectivity index (χ3n) is 2.68. The lowest BCUT2D eigenvalue weighted by molar-refractivity contribution is 0.627. The Kier molecular flexibility index (Phi) is 3.58. The van der Waals surface area contributed by atoms with Crippen LogP contribution in [-0.4, -0.2) is 9.55 Å². The van der Waals surface area contributed by atoms with Crippen molar-refractivity contribution in [3.8, 4) is 6.07 Å². The Morgan fingerprint density at radius 3 is 2.94 bits per heavy atom. The molecular formula is C13H13FN4. The van der Waals surface area contributed by atoms with Crippen LogP contribution in [0, 0.1) is 17.1 Å². The molecule has 0 aliphatic carbocycles. The van der Waals surface area contributed by atoms with Crippen LogP contribution in [0.4, 0.5) is 10.1 Å².